The van der Waals surface area contributed by atoms with Gasteiger partial charge in [0.2, 0.25) is 5.75 Å². The van der Waals surface area contributed by atoms with Gasteiger partial charge in [0.25, 0.3) is 0 Å². The first kappa shape index (κ1) is 21.7. The van der Waals surface area contributed by atoms with Gasteiger partial charge in [0.1, 0.15) is 0 Å². The smallest absolute Gasteiger partial charge is 0.200 e. The maximum atomic E-state index is 10.1. The van der Waals surface area contributed by atoms with E-state index in [1.807, 2.05) is 0 Å². The van der Waals surface area contributed by atoms with Crippen molar-refractivity contribution in [1.82, 2.24) is 0 Å². The summed E-state index contributed by atoms with van der Waals surface area (Å²) in [5, 5.41) is 39.6. The topological polar surface area (TPSA) is 109 Å². The summed E-state index contributed by atoms with van der Waals surface area (Å²) < 4.78 is 15.5. The molecule has 0 aliphatic heterocycles. The number of ether oxygens (including phenoxy) is 3. The lowest BCUT2D eigenvalue weighted by atomic mass is 9.83. The highest BCUT2D eigenvalue weighted by molar-refractivity contribution is 5.52. The second kappa shape index (κ2) is 10.1. The molecule has 2 unspecified atom stereocenters. The first-order valence-electron chi connectivity index (χ1n) is 8.98. The van der Waals surface area contributed by atoms with Crippen molar-refractivity contribution in [2.75, 3.05) is 34.5 Å². The van der Waals surface area contributed by atoms with E-state index in [4.69, 9.17) is 14.2 Å². The molecule has 0 radical (unpaired) electrons. The van der Waals surface area contributed by atoms with E-state index in [-0.39, 0.29) is 48.0 Å². The molecule has 0 aliphatic rings. The molecule has 7 nitrogen and oxygen atoms in total. The van der Waals surface area contributed by atoms with E-state index in [9.17, 15) is 20.4 Å². The van der Waals surface area contributed by atoms with Crippen molar-refractivity contribution in [3.05, 3.63) is 41.5 Å². The molecule has 0 bridgehead atoms. The van der Waals surface area contributed by atoms with E-state index in [1.54, 1.807) is 30.3 Å². The van der Waals surface area contributed by atoms with Crippen molar-refractivity contribution in [2.24, 2.45) is 11.8 Å². The van der Waals surface area contributed by atoms with Crippen LogP contribution in [0, 0.1) is 11.8 Å². The molecule has 28 heavy (non-hydrogen) atoms. The summed E-state index contributed by atoms with van der Waals surface area (Å²) in [4.78, 5) is 0. The Morgan fingerprint density at radius 1 is 0.714 bits per heavy atom. The van der Waals surface area contributed by atoms with Crippen molar-refractivity contribution in [1.29, 1.82) is 0 Å². The van der Waals surface area contributed by atoms with E-state index in [0.717, 1.165) is 11.1 Å². The fourth-order valence-corrected chi connectivity index (χ4v) is 3.28. The van der Waals surface area contributed by atoms with Crippen LogP contribution in [0.15, 0.2) is 30.3 Å². The van der Waals surface area contributed by atoms with Gasteiger partial charge in [-0.15, -0.1) is 0 Å². The summed E-state index contributed by atoms with van der Waals surface area (Å²) >= 11 is 0. The normalized spacial score (nSPS) is 13.0. The van der Waals surface area contributed by atoms with Gasteiger partial charge >= 0.3 is 0 Å². The minimum atomic E-state index is -0.233. The number of aliphatic hydroxyl groups is 2. The molecule has 2 aromatic carbocycles. The largest absolute Gasteiger partial charge is 0.504 e. The number of hydrogen-bond donors (Lipinski definition) is 4. The molecule has 0 saturated carbocycles. The third-order valence-electron chi connectivity index (χ3n) is 4.92. The maximum absolute atomic E-state index is 10.1. The third-order valence-corrected chi connectivity index (χ3v) is 4.92. The number of methoxy groups -OCH3 is 3. The molecule has 0 fully saturated rings. The molecule has 2 atom stereocenters. The predicted octanol–water partition coefficient (Wildman–Crippen LogP) is 2.13. The van der Waals surface area contributed by atoms with E-state index in [1.165, 1.54) is 21.3 Å². The average Bonchev–Trinajstić information content (AvgIpc) is 2.72. The molecular formula is C21H28O7. The van der Waals surface area contributed by atoms with Crippen LogP contribution in [0.25, 0.3) is 0 Å². The van der Waals surface area contributed by atoms with Gasteiger partial charge in [-0.3, -0.25) is 0 Å². The maximum Gasteiger partial charge on any atom is 0.200 e. The molecular weight excluding hydrogens is 364 g/mol. The molecule has 7 heteroatoms. The fraction of sp³-hybridized carbons (Fsp3) is 0.429. The first-order valence-corrected chi connectivity index (χ1v) is 8.98. The molecule has 154 valence electrons. The Bertz CT molecular complexity index is 750. The van der Waals surface area contributed by atoms with Crippen LogP contribution in [0.1, 0.15) is 11.1 Å². The Morgan fingerprint density at radius 2 is 1.18 bits per heavy atom. The van der Waals surface area contributed by atoms with Gasteiger partial charge in [-0.1, -0.05) is 6.07 Å². The van der Waals surface area contributed by atoms with Crippen LogP contribution < -0.4 is 14.2 Å². The van der Waals surface area contributed by atoms with E-state index >= 15 is 0 Å². The number of phenols is 2. The number of rotatable bonds is 10. The Hall–Kier alpha value is -2.64. The zero-order valence-corrected chi connectivity index (χ0v) is 16.4. The number of hydrogen-bond acceptors (Lipinski definition) is 7. The molecule has 0 amide bonds. The van der Waals surface area contributed by atoms with Crippen LogP contribution in [0.4, 0.5) is 0 Å². The molecule has 2 rings (SSSR count). The van der Waals surface area contributed by atoms with Gasteiger partial charge in [0, 0.05) is 13.2 Å². The summed E-state index contributed by atoms with van der Waals surface area (Å²) in [6.45, 7) is -0.229. The number of aliphatic hydroxyl groups excluding tert-OH is 2. The van der Waals surface area contributed by atoms with Crippen molar-refractivity contribution >= 4 is 0 Å². The van der Waals surface area contributed by atoms with Crippen LogP contribution >= 0.6 is 0 Å². The Kier molecular flexibility index (Phi) is 7.78. The second-order valence-corrected chi connectivity index (χ2v) is 6.65. The zero-order valence-electron chi connectivity index (χ0n) is 16.4. The molecule has 4 N–H and O–H groups in total. The predicted molar refractivity (Wildman–Crippen MR) is 104 cm³/mol. The lowest BCUT2D eigenvalue weighted by Crippen LogP contribution is -2.26. The van der Waals surface area contributed by atoms with Crippen molar-refractivity contribution in [3.8, 4) is 28.7 Å². The minimum absolute atomic E-state index is 0.0498. The van der Waals surface area contributed by atoms with Crippen LogP contribution in [0.3, 0.4) is 0 Å². The number of benzene rings is 2. The Balaban J connectivity index is 2.23. The summed E-state index contributed by atoms with van der Waals surface area (Å²) in [6, 6.07) is 8.42. The van der Waals surface area contributed by atoms with E-state index in [0.29, 0.717) is 18.6 Å². The van der Waals surface area contributed by atoms with Crippen LogP contribution in [-0.2, 0) is 12.8 Å². The van der Waals surface area contributed by atoms with Crippen LogP contribution in [-0.4, -0.2) is 55.0 Å². The Morgan fingerprint density at radius 3 is 1.64 bits per heavy atom. The molecule has 0 heterocycles. The molecule has 0 spiro atoms. The quantitative estimate of drug-likeness (QED) is 0.490. The van der Waals surface area contributed by atoms with Crippen LogP contribution in [0.5, 0.6) is 28.7 Å². The second-order valence-electron chi connectivity index (χ2n) is 6.65. The SMILES string of the molecule is COc1cc(CC(CO)C(CO)Cc2cc(OC)c(O)c(OC)c2)ccc1O. The summed E-state index contributed by atoms with van der Waals surface area (Å²) in [5.74, 6) is 0.458. The summed E-state index contributed by atoms with van der Waals surface area (Å²) in [6.07, 6.45) is 0.967. The summed E-state index contributed by atoms with van der Waals surface area (Å²) in [7, 11) is 4.39. The highest BCUT2D eigenvalue weighted by Crippen LogP contribution is 2.38. The van der Waals surface area contributed by atoms with Gasteiger partial charge in [-0.25, -0.2) is 0 Å². The fourth-order valence-electron chi connectivity index (χ4n) is 3.28. The Labute approximate surface area is 164 Å². The van der Waals surface area contributed by atoms with E-state index < -0.39 is 0 Å². The van der Waals surface area contributed by atoms with Gasteiger partial charge in [-0.05, 0) is 60.1 Å². The highest BCUT2D eigenvalue weighted by atomic mass is 16.5. The van der Waals surface area contributed by atoms with Crippen molar-refractivity contribution in [2.45, 2.75) is 12.8 Å². The van der Waals surface area contributed by atoms with Crippen molar-refractivity contribution in [3.63, 3.8) is 0 Å². The number of aromatic hydroxyl groups is 2. The monoisotopic (exact) mass is 392 g/mol. The van der Waals surface area contributed by atoms with E-state index in [2.05, 4.69) is 0 Å². The molecule has 2 aromatic rings. The zero-order chi connectivity index (χ0) is 20.7. The minimum Gasteiger partial charge on any atom is -0.504 e. The van der Waals surface area contributed by atoms with Crippen molar-refractivity contribution < 1.29 is 34.6 Å². The van der Waals surface area contributed by atoms with Crippen LogP contribution in [0.2, 0.25) is 0 Å². The average molecular weight is 392 g/mol. The highest BCUT2D eigenvalue weighted by Gasteiger charge is 2.23. The standard InChI is InChI=1S/C21H28O7/c1-26-18-8-13(4-5-17(18)24)6-15(11-22)16(12-23)7-14-9-19(27-2)21(25)20(10-14)28-3/h4-5,8-10,15-16,22-25H,6-7,11-12H2,1-3H3. The first-order chi connectivity index (χ1) is 13.5. The lowest BCUT2D eigenvalue weighted by Gasteiger charge is -2.25. The molecule has 0 aromatic heterocycles. The summed E-state index contributed by atoms with van der Waals surface area (Å²) in [5.41, 5.74) is 1.69. The molecule has 0 saturated heterocycles. The van der Waals surface area contributed by atoms with Gasteiger partial charge < -0.3 is 34.6 Å². The molecule has 0 aliphatic carbocycles. The lowest BCUT2D eigenvalue weighted by molar-refractivity contribution is 0.119. The van der Waals surface area contributed by atoms with Gasteiger partial charge in [0.05, 0.1) is 21.3 Å². The third kappa shape index (κ3) is 4.99. The van der Waals surface area contributed by atoms with Gasteiger partial charge in [-0.2, -0.15) is 0 Å². The van der Waals surface area contributed by atoms with Gasteiger partial charge in [0.15, 0.2) is 23.0 Å². The number of phenolic OH excluding ortho intramolecular Hbond substituents is 2.